The molecule has 3 aromatic rings. The van der Waals surface area contributed by atoms with Crippen LogP contribution in [0.2, 0.25) is 0 Å². The highest BCUT2D eigenvalue weighted by atomic mass is 32.2. The number of ether oxygens (including phenoxy) is 1. The number of nitriles is 1. The third-order valence-corrected chi connectivity index (χ3v) is 8.98. The van der Waals surface area contributed by atoms with Crippen molar-refractivity contribution < 1.29 is 45.7 Å². The Morgan fingerprint density at radius 3 is 2.58 bits per heavy atom. The number of fused-ring (bicyclic) bond motifs is 1. The number of thiophene rings is 1. The first kappa shape index (κ1) is 27.6. The second-order valence-corrected chi connectivity index (χ2v) is 11.8. The average Bonchev–Trinajstić information content (AvgIpc) is 3.23. The SMILES string of the molecule is N#Cc1ccc(C(NS(=O)(=O)c2cc3cc(OCC[NH+]=CN)ccc3s2)P(=O)([O-])[O-])cc1C(F)(F)F. The van der Waals surface area contributed by atoms with Crippen LogP contribution in [0, 0.1) is 11.3 Å². The summed E-state index contributed by atoms with van der Waals surface area (Å²) in [5, 5.41) is 9.34. The van der Waals surface area contributed by atoms with Crippen LogP contribution >= 0.6 is 18.9 Å². The fraction of sp³-hybridized carbons (Fsp3) is 0.200. The Morgan fingerprint density at radius 1 is 1.25 bits per heavy atom. The number of halogens is 3. The molecule has 0 saturated heterocycles. The van der Waals surface area contributed by atoms with Crippen molar-refractivity contribution in [3.8, 4) is 11.8 Å². The van der Waals surface area contributed by atoms with Gasteiger partial charge in [-0.15, -0.1) is 11.3 Å². The molecule has 36 heavy (non-hydrogen) atoms. The number of hydrogen-bond acceptors (Lipinski definition) is 8. The van der Waals surface area contributed by atoms with Gasteiger partial charge >= 0.3 is 6.18 Å². The van der Waals surface area contributed by atoms with Crippen molar-refractivity contribution in [3.63, 3.8) is 0 Å². The third kappa shape index (κ3) is 6.41. The van der Waals surface area contributed by atoms with E-state index in [-0.39, 0.29) is 16.9 Å². The number of hydrogen-bond donors (Lipinski definition) is 3. The smallest absolute Gasteiger partial charge is 0.417 e. The summed E-state index contributed by atoms with van der Waals surface area (Å²) in [4.78, 5) is 26.5. The van der Waals surface area contributed by atoms with E-state index in [2.05, 4.69) is 4.99 Å². The maximum Gasteiger partial charge on any atom is 0.417 e. The largest absolute Gasteiger partial charge is 0.809 e. The van der Waals surface area contributed by atoms with Crippen LogP contribution in [-0.4, -0.2) is 27.9 Å². The van der Waals surface area contributed by atoms with Gasteiger partial charge in [0, 0.05) is 4.70 Å². The number of rotatable bonds is 9. The highest BCUT2D eigenvalue weighted by Gasteiger charge is 2.35. The molecule has 16 heteroatoms. The molecule has 192 valence electrons. The van der Waals surface area contributed by atoms with E-state index in [0.717, 1.165) is 17.4 Å². The lowest BCUT2D eigenvalue weighted by Gasteiger charge is -2.38. The summed E-state index contributed by atoms with van der Waals surface area (Å²) in [6.45, 7) is 0.670. The molecule has 0 amide bonds. The minimum absolute atomic E-state index is 0.254. The zero-order valence-corrected chi connectivity index (χ0v) is 20.5. The molecule has 0 aliphatic heterocycles. The lowest BCUT2D eigenvalue weighted by molar-refractivity contribution is -0.454. The molecule has 0 radical (unpaired) electrons. The molecule has 0 fully saturated rings. The number of benzene rings is 2. The highest BCUT2D eigenvalue weighted by Crippen LogP contribution is 2.45. The zero-order valence-electron chi connectivity index (χ0n) is 18.0. The van der Waals surface area contributed by atoms with Crippen molar-refractivity contribution in [2.45, 2.75) is 16.2 Å². The van der Waals surface area contributed by atoms with Gasteiger partial charge in [0.15, 0.2) is 0 Å². The number of nitrogens with two attached hydrogens (primary N) is 1. The molecule has 1 heterocycles. The molecule has 0 aliphatic rings. The summed E-state index contributed by atoms with van der Waals surface area (Å²) in [5.41, 5.74) is 2.09. The highest BCUT2D eigenvalue weighted by molar-refractivity contribution is 7.92. The molecule has 1 atom stereocenters. The molecule has 1 unspecified atom stereocenters. The standard InChI is InChI=1S/C20H18F3N4O6PS2/c21-20(22,23)16-8-12(1-2-13(16)10-24)19(34(28,29)30)27-36(31,32)18-9-14-7-15(3-4-17(14)35-18)33-6-5-26-11-25/h1-4,7-9,11,19,27H,5-6H2,(H2,25,26)(H2,28,29,30)/p-1. The predicted molar refractivity (Wildman–Crippen MR) is 120 cm³/mol. The first-order valence-electron chi connectivity index (χ1n) is 9.85. The van der Waals surface area contributed by atoms with E-state index in [4.69, 9.17) is 15.7 Å². The topological polar surface area (TPSA) is 182 Å². The van der Waals surface area contributed by atoms with Gasteiger partial charge in [-0.05, 0) is 54.9 Å². The lowest BCUT2D eigenvalue weighted by atomic mass is 10.0. The van der Waals surface area contributed by atoms with Gasteiger partial charge in [-0.2, -0.15) is 23.2 Å². The molecule has 3 rings (SSSR count). The summed E-state index contributed by atoms with van der Waals surface area (Å²) in [5.74, 6) is -2.14. The fourth-order valence-electron chi connectivity index (χ4n) is 3.11. The molecular formula is C20H17F3N4O6PS2-. The van der Waals surface area contributed by atoms with E-state index >= 15 is 0 Å². The Kier molecular flexibility index (Phi) is 8.09. The quantitative estimate of drug-likeness (QED) is 0.143. The maximum atomic E-state index is 13.3. The van der Waals surface area contributed by atoms with Crippen molar-refractivity contribution in [1.29, 1.82) is 5.26 Å². The van der Waals surface area contributed by atoms with Crippen molar-refractivity contribution in [2.75, 3.05) is 13.2 Å². The molecule has 0 bridgehead atoms. The molecular weight excluding hydrogens is 544 g/mol. The van der Waals surface area contributed by atoms with Gasteiger partial charge in [0.05, 0.1) is 23.0 Å². The van der Waals surface area contributed by atoms with E-state index in [0.29, 0.717) is 28.4 Å². The van der Waals surface area contributed by atoms with Gasteiger partial charge in [0.2, 0.25) is 6.34 Å². The summed E-state index contributed by atoms with van der Waals surface area (Å²) >= 11 is 0.749. The van der Waals surface area contributed by atoms with Crippen LogP contribution in [0.5, 0.6) is 5.75 Å². The molecule has 0 saturated carbocycles. The van der Waals surface area contributed by atoms with E-state index in [1.165, 1.54) is 24.5 Å². The Balaban J connectivity index is 1.96. The predicted octanol–water partition coefficient (Wildman–Crippen LogP) is 0.129. The van der Waals surface area contributed by atoms with Crippen LogP contribution in [0.3, 0.4) is 0 Å². The van der Waals surface area contributed by atoms with E-state index < -0.39 is 46.3 Å². The Bertz CT molecular complexity index is 1500. The van der Waals surface area contributed by atoms with Crippen LogP contribution in [0.4, 0.5) is 13.2 Å². The number of nitrogens with zero attached hydrogens (tertiary/aromatic N) is 1. The molecule has 4 N–H and O–H groups in total. The zero-order chi connectivity index (χ0) is 26.7. The van der Waals surface area contributed by atoms with Gasteiger partial charge in [-0.25, -0.2) is 8.42 Å². The van der Waals surface area contributed by atoms with Crippen LogP contribution in [0.1, 0.15) is 22.5 Å². The minimum Gasteiger partial charge on any atom is -0.809 e. The summed E-state index contributed by atoms with van der Waals surface area (Å²) in [6.07, 6.45) is -3.81. The van der Waals surface area contributed by atoms with Gasteiger partial charge in [0.25, 0.3) is 10.0 Å². The molecule has 0 spiro atoms. The average molecular weight is 561 g/mol. The lowest BCUT2D eigenvalue weighted by Crippen LogP contribution is -2.72. The van der Waals surface area contributed by atoms with Crippen molar-refractivity contribution in [3.05, 3.63) is 59.2 Å². The Labute approximate surface area is 207 Å². The monoisotopic (exact) mass is 561 g/mol. The second kappa shape index (κ2) is 10.6. The van der Waals surface area contributed by atoms with E-state index in [1.807, 2.05) is 0 Å². The van der Waals surface area contributed by atoms with Gasteiger partial charge in [0.1, 0.15) is 23.1 Å². The van der Waals surface area contributed by atoms with Gasteiger partial charge in [-0.1, -0.05) is 6.07 Å². The van der Waals surface area contributed by atoms with Crippen LogP contribution in [0.15, 0.2) is 46.7 Å². The van der Waals surface area contributed by atoms with Crippen LogP contribution in [-0.2, 0) is 20.8 Å². The number of sulfonamides is 1. The molecule has 1 aromatic heterocycles. The second-order valence-electron chi connectivity index (χ2n) is 7.21. The summed E-state index contributed by atoms with van der Waals surface area (Å²) < 4.78 is 85.0. The third-order valence-electron chi connectivity index (χ3n) is 4.73. The van der Waals surface area contributed by atoms with Crippen LogP contribution < -0.4 is 30.0 Å². The molecule has 0 aliphatic carbocycles. The molecule has 10 nitrogen and oxygen atoms in total. The maximum absolute atomic E-state index is 13.3. The van der Waals surface area contributed by atoms with Gasteiger partial charge < -0.3 is 19.1 Å². The first-order valence-corrected chi connectivity index (χ1v) is 13.8. The minimum atomic E-state index is -5.84. The molecule has 2 aromatic carbocycles. The van der Waals surface area contributed by atoms with Crippen molar-refractivity contribution in [1.82, 2.24) is 4.72 Å². The van der Waals surface area contributed by atoms with Crippen LogP contribution in [0.25, 0.3) is 10.1 Å². The summed E-state index contributed by atoms with van der Waals surface area (Å²) in [6, 6.07) is 8.91. The Hall–Kier alpha value is -2.99. The fourth-order valence-corrected chi connectivity index (χ4v) is 7.03. The van der Waals surface area contributed by atoms with Crippen molar-refractivity contribution >= 4 is 45.4 Å². The van der Waals surface area contributed by atoms with Crippen molar-refractivity contribution in [2.24, 2.45) is 5.73 Å². The normalized spacial score (nSPS) is 13.7. The Morgan fingerprint density at radius 2 is 1.97 bits per heavy atom. The first-order chi connectivity index (χ1) is 16.8. The van der Waals surface area contributed by atoms with Gasteiger partial charge in [-0.3, -0.25) is 10.7 Å². The summed E-state index contributed by atoms with van der Waals surface area (Å²) in [7, 11) is -10.5. The van der Waals surface area contributed by atoms with E-state index in [9.17, 15) is 35.9 Å². The number of alkyl halides is 3. The van der Waals surface area contributed by atoms with E-state index in [1.54, 1.807) is 16.9 Å². The number of nitrogens with one attached hydrogen (secondary N) is 2.